The second-order valence-electron chi connectivity index (χ2n) is 5.87. The maximum absolute atomic E-state index is 9.74. The lowest BCUT2D eigenvalue weighted by atomic mass is 9.94. The Kier molecular flexibility index (Phi) is 4.43. The van der Waals surface area contributed by atoms with Crippen LogP contribution in [0.15, 0.2) is 18.2 Å². The highest BCUT2D eigenvalue weighted by molar-refractivity contribution is 5.63. The minimum Gasteiger partial charge on any atom is -0.508 e. The highest BCUT2D eigenvalue weighted by Gasteiger charge is 2.36. The van der Waals surface area contributed by atoms with Gasteiger partial charge in [0.05, 0.1) is 12.2 Å². The molecule has 0 amide bonds. The molecule has 112 valence electrons. The molecule has 1 heterocycles. The molecule has 1 aromatic carbocycles. The summed E-state index contributed by atoms with van der Waals surface area (Å²) < 4.78 is 6.24. The first-order valence-corrected chi connectivity index (χ1v) is 7.41. The van der Waals surface area contributed by atoms with E-state index in [1.54, 1.807) is 12.1 Å². The van der Waals surface area contributed by atoms with Crippen molar-refractivity contribution in [2.75, 3.05) is 38.6 Å². The van der Waals surface area contributed by atoms with Crippen molar-refractivity contribution in [2.24, 2.45) is 0 Å². The van der Waals surface area contributed by atoms with Gasteiger partial charge in [0.1, 0.15) is 17.1 Å². The Hall–Kier alpha value is -1.42. The van der Waals surface area contributed by atoms with Gasteiger partial charge in [-0.2, -0.15) is 0 Å². The molecule has 0 saturated carbocycles. The Labute approximate surface area is 122 Å². The third-order valence-electron chi connectivity index (χ3n) is 4.19. The third kappa shape index (κ3) is 3.01. The van der Waals surface area contributed by atoms with Crippen LogP contribution in [0.3, 0.4) is 0 Å². The Morgan fingerprint density at radius 3 is 2.60 bits per heavy atom. The Bertz CT molecular complexity index is 456. The van der Waals surface area contributed by atoms with Crippen LogP contribution in [0.2, 0.25) is 0 Å². The fraction of sp³-hybridized carbons (Fsp3) is 0.625. The number of aromatic hydroxyl groups is 1. The molecule has 1 N–H and O–H groups in total. The second-order valence-corrected chi connectivity index (χ2v) is 5.87. The standard InChI is InChI=1S/C16H26N2O2/c1-5-16(6-2)12-18(10-9-17(3)4)14-11-13(19)7-8-15(14)20-16/h7-8,11,19H,5-6,9-10,12H2,1-4H3. The highest BCUT2D eigenvalue weighted by atomic mass is 16.5. The van der Waals surface area contributed by atoms with E-state index in [1.165, 1.54) is 0 Å². The van der Waals surface area contributed by atoms with Crippen molar-refractivity contribution in [3.8, 4) is 11.5 Å². The zero-order valence-electron chi connectivity index (χ0n) is 13.0. The molecule has 0 aliphatic carbocycles. The van der Waals surface area contributed by atoms with Gasteiger partial charge in [0.25, 0.3) is 0 Å². The van der Waals surface area contributed by atoms with Gasteiger partial charge in [-0.15, -0.1) is 0 Å². The summed E-state index contributed by atoms with van der Waals surface area (Å²) in [5.74, 6) is 1.18. The molecule has 2 rings (SSSR count). The Morgan fingerprint density at radius 1 is 1.30 bits per heavy atom. The first-order valence-electron chi connectivity index (χ1n) is 7.41. The number of rotatable bonds is 5. The largest absolute Gasteiger partial charge is 0.508 e. The normalized spacial score (nSPS) is 16.9. The van der Waals surface area contributed by atoms with Crippen molar-refractivity contribution in [1.82, 2.24) is 4.90 Å². The lowest BCUT2D eigenvalue weighted by Gasteiger charge is -2.44. The topological polar surface area (TPSA) is 35.9 Å². The highest BCUT2D eigenvalue weighted by Crippen LogP contribution is 2.41. The van der Waals surface area contributed by atoms with Crippen LogP contribution in [-0.4, -0.2) is 49.3 Å². The summed E-state index contributed by atoms with van der Waals surface area (Å²) in [4.78, 5) is 4.52. The number of phenolic OH excluding ortho intramolecular Hbond substituents is 1. The second kappa shape index (κ2) is 5.92. The molecule has 0 saturated heterocycles. The summed E-state index contributed by atoms with van der Waals surface area (Å²) in [6.07, 6.45) is 1.98. The molecule has 0 fully saturated rings. The van der Waals surface area contributed by atoms with Crippen LogP contribution in [0.4, 0.5) is 5.69 Å². The van der Waals surface area contributed by atoms with E-state index in [0.29, 0.717) is 5.75 Å². The molecule has 0 aromatic heterocycles. The molecular formula is C16H26N2O2. The summed E-state index contributed by atoms with van der Waals surface area (Å²) >= 11 is 0. The molecule has 0 atom stereocenters. The maximum Gasteiger partial charge on any atom is 0.143 e. The number of nitrogens with zero attached hydrogens (tertiary/aromatic N) is 2. The number of fused-ring (bicyclic) bond motifs is 1. The van der Waals surface area contributed by atoms with E-state index in [-0.39, 0.29) is 5.60 Å². The number of hydrogen-bond donors (Lipinski definition) is 1. The van der Waals surface area contributed by atoms with Crippen molar-refractivity contribution in [3.63, 3.8) is 0 Å². The zero-order chi connectivity index (χ0) is 14.8. The molecule has 4 heteroatoms. The van der Waals surface area contributed by atoms with Crippen LogP contribution in [0.1, 0.15) is 26.7 Å². The maximum atomic E-state index is 9.74. The Morgan fingerprint density at radius 2 is 2.00 bits per heavy atom. The average molecular weight is 278 g/mol. The fourth-order valence-electron chi connectivity index (χ4n) is 2.68. The summed E-state index contributed by atoms with van der Waals surface area (Å²) in [5.41, 5.74) is 0.889. The van der Waals surface area contributed by atoms with Gasteiger partial charge in [0.2, 0.25) is 0 Å². The number of ether oxygens (including phenoxy) is 1. The third-order valence-corrected chi connectivity index (χ3v) is 4.19. The molecule has 1 aromatic rings. The fourth-order valence-corrected chi connectivity index (χ4v) is 2.68. The van der Waals surface area contributed by atoms with Crippen LogP contribution >= 0.6 is 0 Å². The number of benzene rings is 1. The van der Waals surface area contributed by atoms with E-state index >= 15 is 0 Å². The van der Waals surface area contributed by atoms with Crippen molar-refractivity contribution in [1.29, 1.82) is 0 Å². The molecule has 1 aliphatic rings. The average Bonchev–Trinajstić information content (AvgIpc) is 2.44. The van der Waals surface area contributed by atoms with Gasteiger partial charge < -0.3 is 19.6 Å². The van der Waals surface area contributed by atoms with Gasteiger partial charge in [0.15, 0.2) is 0 Å². The van der Waals surface area contributed by atoms with Gasteiger partial charge in [-0.05, 0) is 39.1 Å². The van der Waals surface area contributed by atoms with E-state index in [0.717, 1.165) is 43.9 Å². The van der Waals surface area contributed by atoms with Crippen LogP contribution in [0.25, 0.3) is 0 Å². The summed E-state index contributed by atoms with van der Waals surface area (Å²) in [7, 11) is 4.16. The van der Waals surface area contributed by atoms with Crippen LogP contribution < -0.4 is 9.64 Å². The SMILES string of the molecule is CCC1(CC)CN(CCN(C)C)c2cc(O)ccc2O1. The summed E-state index contributed by atoms with van der Waals surface area (Å²) in [6.45, 7) is 7.16. The molecule has 0 unspecified atom stereocenters. The summed E-state index contributed by atoms with van der Waals surface area (Å²) in [5, 5.41) is 9.74. The van der Waals surface area contributed by atoms with Gasteiger partial charge in [-0.25, -0.2) is 0 Å². The van der Waals surface area contributed by atoms with Crippen LogP contribution in [-0.2, 0) is 0 Å². The number of phenols is 1. The first-order chi connectivity index (χ1) is 9.49. The van der Waals surface area contributed by atoms with E-state index < -0.39 is 0 Å². The van der Waals surface area contributed by atoms with Crippen molar-refractivity contribution < 1.29 is 9.84 Å². The van der Waals surface area contributed by atoms with Gasteiger partial charge >= 0.3 is 0 Å². The van der Waals surface area contributed by atoms with E-state index in [1.807, 2.05) is 6.07 Å². The number of anilines is 1. The van der Waals surface area contributed by atoms with Gasteiger partial charge in [-0.3, -0.25) is 0 Å². The lowest BCUT2D eigenvalue weighted by Crippen LogP contribution is -2.51. The predicted octanol–water partition coefficient (Wildman–Crippen LogP) is 2.71. The van der Waals surface area contributed by atoms with Gasteiger partial charge in [-0.1, -0.05) is 13.8 Å². The molecule has 0 radical (unpaired) electrons. The van der Waals surface area contributed by atoms with Gasteiger partial charge in [0, 0.05) is 19.2 Å². The van der Waals surface area contributed by atoms with Crippen molar-refractivity contribution in [3.05, 3.63) is 18.2 Å². The summed E-state index contributed by atoms with van der Waals surface area (Å²) in [6, 6.07) is 5.39. The van der Waals surface area contributed by atoms with E-state index in [2.05, 4.69) is 37.7 Å². The Balaban J connectivity index is 2.31. The molecular weight excluding hydrogens is 252 g/mol. The van der Waals surface area contributed by atoms with Crippen molar-refractivity contribution in [2.45, 2.75) is 32.3 Å². The molecule has 0 spiro atoms. The first kappa shape index (κ1) is 15.0. The molecule has 0 bridgehead atoms. The lowest BCUT2D eigenvalue weighted by molar-refractivity contribution is 0.0570. The zero-order valence-corrected chi connectivity index (χ0v) is 13.0. The monoisotopic (exact) mass is 278 g/mol. The number of hydrogen-bond acceptors (Lipinski definition) is 4. The molecule has 1 aliphatic heterocycles. The minimum atomic E-state index is -0.115. The minimum absolute atomic E-state index is 0.115. The quantitative estimate of drug-likeness (QED) is 0.898. The molecule has 4 nitrogen and oxygen atoms in total. The van der Waals surface area contributed by atoms with E-state index in [4.69, 9.17) is 4.74 Å². The number of likely N-dealkylation sites (N-methyl/N-ethyl adjacent to an activating group) is 1. The predicted molar refractivity (Wildman–Crippen MR) is 82.8 cm³/mol. The van der Waals surface area contributed by atoms with E-state index in [9.17, 15) is 5.11 Å². The van der Waals surface area contributed by atoms with Crippen LogP contribution in [0.5, 0.6) is 11.5 Å². The van der Waals surface area contributed by atoms with Crippen molar-refractivity contribution >= 4 is 5.69 Å². The molecule has 20 heavy (non-hydrogen) atoms. The smallest absolute Gasteiger partial charge is 0.143 e. The van der Waals surface area contributed by atoms with Crippen LogP contribution in [0, 0.1) is 0 Å².